The van der Waals surface area contributed by atoms with Crippen LogP contribution >= 0.6 is 0 Å². The molecule has 1 unspecified atom stereocenters. The molecule has 1 aliphatic rings. The first-order valence-electron chi connectivity index (χ1n) is 9.20. The predicted octanol–water partition coefficient (Wildman–Crippen LogP) is 3.69. The summed E-state index contributed by atoms with van der Waals surface area (Å²) in [5.41, 5.74) is 0.814. The standard InChI is InChI=1S/C20H28N2O2S/c1-16(12-15-22-13-6-3-7-14-22)21-25(23,24)20-11-10-18-8-4-5-9-19(18)17(20)2/h4-5,8-11,16,21H,3,6-7,12-15H2,1-2H3. The molecule has 1 heterocycles. The summed E-state index contributed by atoms with van der Waals surface area (Å²) in [5, 5.41) is 2.06. The summed E-state index contributed by atoms with van der Waals surface area (Å²) >= 11 is 0. The Balaban J connectivity index is 1.69. The van der Waals surface area contributed by atoms with Gasteiger partial charge in [0.15, 0.2) is 0 Å². The van der Waals surface area contributed by atoms with Crippen molar-refractivity contribution in [3.05, 3.63) is 42.0 Å². The van der Waals surface area contributed by atoms with Crippen LogP contribution in [0.25, 0.3) is 10.8 Å². The summed E-state index contributed by atoms with van der Waals surface area (Å²) in [6, 6.07) is 11.4. The Bertz CT molecular complexity index is 827. The van der Waals surface area contributed by atoms with Crippen LogP contribution in [0.15, 0.2) is 41.3 Å². The van der Waals surface area contributed by atoms with Gasteiger partial charge < -0.3 is 4.90 Å². The van der Waals surface area contributed by atoms with E-state index < -0.39 is 10.0 Å². The summed E-state index contributed by atoms with van der Waals surface area (Å²) in [4.78, 5) is 2.83. The molecular weight excluding hydrogens is 332 g/mol. The molecule has 5 heteroatoms. The molecule has 0 bridgehead atoms. The Morgan fingerprint density at radius 1 is 1.08 bits per heavy atom. The minimum atomic E-state index is -3.50. The molecule has 0 aliphatic carbocycles. The number of aryl methyl sites for hydroxylation is 1. The van der Waals surface area contributed by atoms with Crippen molar-refractivity contribution in [2.75, 3.05) is 19.6 Å². The Kier molecular flexibility index (Phi) is 5.77. The second-order valence-corrected chi connectivity index (χ2v) is 8.81. The first-order valence-corrected chi connectivity index (χ1v) is 10.7. The van der Waals surface area contributed by atoms with Crippen molar-refractivity contribution in [1.29, 1.82) is 0 Å². The number of hydrogen-bond donors (Lipinski definition) is 1. The van der Waals surface area contributed by atoms with Crippen molar-refractivity contribution in [1.82, 2.24) is 9.62 Å². The minimum absolute atomic E-state index is 0.0715. The van der Waals surface area contributed by atoms with E-state index >= 15 is 0 Å². The molecule has 1 aliphatic heterocycles. The Labute approximate surface area is 151 Å². The van der Waals surface area contributed by atoms with Crippen molar-refractivity contribution < 1.29 is 8.42 Å². The van der Waals surface area contributed by atoms with Gasteiger partial charge in [0.1, 0.15) is 0 Å². The lowest BCUT2D eigenvalue weighted by Gasteiger charge is -2.27. The molecule has 1 N–H and O–H groups in total. The van der Waals surface area contributed by atoms with Crippen LogP contribution in [0.2, 0.25) is 0 Å². The van der Waals surface area contributed by atoms with Gasteiger partial charge in [0, 0.05) is 6.04 Å². The van der Waals surface area contributed by atoms with E-state index in [0.717, 1.165) is 42.4 Å². The van der Waals surface area contributed by atoms with Crippen LogP contribution in [0.5, 0.6) is 0 Å². The van der Waals surface area contributed by atoms with E-state index in [2.05, 4.69) is 9.62 Å². The molecule has 1 atom stereocenters. The summed E-state index contributed by atoms with van der Waals surface area (Å²) < 4.78 is 28.5. The predicted molar refractivity (Wildman–Crippen MR) is 103 cm³/mol. The fraction of sp³-hybridized carbons (Fsp3) is 0.500. The number of likely N-dealkylation sites (tertiary alicyclic amines) is 1. The van der Waals surface area contributed by atoms with E-state index in [9.17, 15) is 8.42 Å². The normalized spacial score (nSPS) is 17.7. The number of nitrogens with zero attached hydrogens (tertiary/aromatic N) is 1. The van der Waals surface area contributed by atoms with Crippen LogP contribution in [-0.2, 0) is 10.0 Å². The van der Waals surface area contributed by atoms with Gasteiger partial charge in [-0.05, 0) is 75.1 Å². The molecule has 0 amide bonds. The molecule has 1 fully saturated rings. The molecule has 0 spiro atoms. The second-order valence-electron chi connectivity index (χ2n) is 7.12. The number of rotatable bonds is 6. The lowest BCUT2D eigenvalue weighted by Crippen LogP contribution is -2.37. The van der Waals surface area contributed by atoms with Gasteiger partial charge in [-0.1, -0.05) is 36.8 Å². The Morgan fingerprint density at radius 3 is 2.56 bits per heavy atom. The zero-order chi connectivity index (χ0) is 17.9. The molecule has 2 aromatic rings. The number of hydrogen-bond acceptors (Lipinski definition) is 3. The quantitative estimate of drug-likeness (QED) is 0.855. The lowest BCUT2D eigenvalue weighted by molar-refractivity contribution is 0.221. The van der Waals surface area contributed by atoms with Crippen molar-refractivity contribution >= 4 is 20.8 Å². The molecule has 0 radical (unpaired) electrons. The third-order valence-corrected chi connectivity index (χ3v) is 6.86. The highest BCUT2D eigenvalue weighted by atomic mass is 32.2. The van der Waals surface area contributed by atoms with Crippen molar-refractivity contribution in [3.8, 4) is 0 Å². The molecule has 1 saturated heterocycles. The molecule has 136 valence electrons. The molecule has 0 saturated carbocycles. The number of fused-ring (bicyclic) bond motifs is 1. The molecule has 25 heavy (non-hydrogen) atoms. The third kappa shape index (κ3) is 4.40. The smallest absolute Gasteiger partial charge is 0.241 e. The molecule has 0 aromatic heterocycles. The maximum absolute atomic E-state index is 12.8. The summed E-state index contributed by atoms with van der Waals surface area (Å²) in [6.45, 7) is 7.08. The SMILES string of the molecule is Cc1c(S(=O)(=O)NC(C)CCN2CCCCC2)ccc2ccccc12. The van der Waals surface area contributed by atoms with Gasteiger partial charge in [0.25, 0.3) is 0 Å². The van der Waals surface area contributed by atoms with Crippen molar-refractivity contribution in [2.45, 2.75) is 50.5 Å². The topological polar surface area (TPSA) is 49.4 Å². The Hall–Kier alpha value is -1.43. The van der Waals surface area contributed by atoms with E-state index in [4.69, 9.17) is 0 Å². The van der Waals surface area contributed by atoms with Crippen LogP contribution in [0.4, 0.5) is 0 Å². The summed E-state index contributed by atoms with van der Waals surface area (Å²) in [5.74, 6) is 0. The third-order valence-electron chi connectivity index (χ3n) is 5.12. The lowest BCUT2D eigenvalue weighted by atomic mass is 10.1. The van der Waals surface area contributed by atoms with Gasteiger partial charge in [-0.15, -0.1) is 0 Å². The molecular formula is C20H28N2O2S. The minimum Gasteiger partial charge on any atom is -0.303 e. The van der Waals surface area contributed by atoms with Gasteiger partial charge in [-0.2, -0.15) is 0 Å². The number of piperidine rings is 1. The van der Waals surface area contributed by atoms with Gasteiger partial charge >= 0.3 is 0 Å². The fourth-order valence-corrected chi connectivity index (χ4v) is 5.18. The van der Waals surface area contributed by atoms with E-state index in [1.807, 2.05) is 44.2 Å². The zero-order valence-corrected chi connectivity index (χ0v) is 16.0. The van der Waals surface area contributed by atoms with Gasteiger partial charge in [0.2, 0.25) is 10.0 Å². The first kappa shape index (κ1) is 18.4. The highest BCUT2D eigenvalue weighted by Crippen LogP contribution is 2.25. The van der Waals surface area contributed by atoms with E-state index in [0.29, 0.717) is 4.90 Å². The fourth-order valence-electron chi connectivity index (χ4n) is 3.64. The summed E-state index contributed by atoms with van der Waals surface area (Å²) in [7, 11) is -3.50. The van der Waals surface area contributed by atoms with Crippen molar-refractivity contribution in [3.63, 3.8) is 0 Å². The van der Waals surface area contributed by atoms with Gasteiger partial charge in [-0.25, -0.2) is 13.1 Å². The van der Waals surface area contributed by atoms with Crippen LogP contribution in [-0.4, -0.2) is 39.0 Å². The van der Waals surface area contributed by atoms with E-state index in [1.54, 1.807) is 6.07 Å². The van der Waals surface area contributed by atoms with Crippen LogP contribution in [0.3, 0.4) is 0 Å². The monoisotopic (exact) mass is 360 g/mol. The van der Waals surface area contributed by atoms with Gasteiger partial charge in [0.05, 0.1) is 4.90 Å². The number of sulfonamides is 1. The average Bonchev–Trinajstić information content (AvgIpc) is 2.61. The summed E-state index contributed by atoms with van der Waals surface area (Å²) in [6.07, 6.45) is 4.68. The van der Waals surface area contributed by atoms with Crippen LogP contribution in [0.1, 0.15) is 38.2 Å². The van der Waals surface area contributed by atoms with E-state index in [-0.39, 0.29) is 6.04 Å². The zero-order valence-electron chi connectivity index (χ0n) is 15.2. The Morgan fingerprint density at radius 2 is 1.80 bits per heavy atom. The van der Waals surface area contributed by atoms with Crippen LogP contribution in [0, 0.1) is 6.92 Å². The maximum Gasteiger partial charge on any atom is 0.241 e. The van der Waals surface area contributed by atoms with E-state index in [1.165, 1.54) is 19.3 Å². The highest BCUT2D eigenvalue weighted by molar-refractivity contribution is 7.89. The number of benzene rings is 2. The molecule has 4 nitrogen and oxygen atoms in total. The highest BCUT2D eigenvalue weighted by Gasteiger charge is 2.21. The van der Waals surface area contributed by atoms with Crippen molar-refractivity contribution in [2.24, 2.45) is 0 Å². The average molecular weight is 361 g/mol. The number of nitrogens with one attached hydrogen (secondary N) is 1. The van der Waals surface area contributed by atoms with Gasteiger partial charge in [-0.3, -0.25) is 0 Å². The second kappa shape index (κ2) is 7.85. The molecule has 2 aromatic carbocycles. The first-order chi connectivity index (χ1) is 12.0. The maximum atomic E-state index is 12.8. The van der Waals surface area contributed by atoms with Crippen LogP contribution < -0.4 is 4.72 Å². The molecule has 3 rings (SSSR count). The largest absolute Gasteiger partial charge is 0.303 e.